The highest BCUT2D eigenvalue weighted by molar-refractivity contribution is 7.17. The number of nitrogens with zero attached hydrogens (tertiary/aromatic N) is 1. The predicted molar refractivity (Wildman–Crippen MR) is 148 cm³/mol. The van der Waals surface area contributed by atoms with Crippen molar-refractivity contribution in [1.29, 1.82) is 0 Å². The summed E-state index contributed by atoms with van der Waals surface area (Å²) in [5.74, 6) is -1.61. The number of ether oxygens (including phenoxy) is 2. The molecule has 5 rings (SSSR count). The number of pyridine rings is 1. The van der Waals surface area contributed by atoms with Crippen LogP contribution >= 0.6 is 11.3 Å². The zero-order valence-electron chi connectivity index (χ0n) is 21.3. The van der Waals surface area contributed by atoms with Crippen molar-refractivity contribution in [2.45, 2.75) is 39.0 Å². The van der Waals surface area contributed by atoms with Gasteiger partial charge in [0.05, 0.1) is 29.4 Å². The van der Waals surface area contributed by atoms with E-state index in [1.807, 2.05) is 49.4 Å². The number of thiophene rings is 1. The molecule has 0 atom stereocenters. The summed E-state index contributed by atoms with van der Waals surface area (Å²) < 4.78 is 10.4. The molecule has 4 aromatic rings. The number of fused-ring (bicyclic) bond motifs is 2. The van der Waals surface area contributed by atoms with E-state index in [-0.39, 0.29) is 0 Å². The van der Waals surface area contributed by atoms with Gasteiger partial charge in [-0.3, -0.25) is 4.79 Å². The molecule has 2 aromatic heterocycles. The molecule has 7 nitrogen and oxygen atoms in total. The number of hydrogen-bond acceptors (Lipinski definition) is 7. The summed E-state index contributed by atoms with van der Waals surface area (Å²) in [5, 5.41) is 3.87. The van der Waals surface area contributed by atoms with Gasteiger partial charge in [0.1, 0.15) is 5.00 Å². The highest BCUT2D eigenvalue weighted by Crippen LogP contribution is 2.38. The standard InChI is InChI=1S/C30H28N2O5S/c1-18-12-14-19(15-13-18)24-16-22(20-8-6-7-10-23(20)31-24)29(34)37-17-26(33)32-28-27(30(35)36-2)21-9-4-3-5-11-25(21)38-28/h6-8,10,12-16H,3-5,9,11,17H2,1-2H3,(H,32,33). The second kappa shape index (κ2) is 11.1. The number of para-hydroxylation sites is 1. The van der Waals surface area contributed by atoms with Gasteiger partial charge >= 0.3 is 11.9 Å². The number of carbonyl (C=O) groups is 3. The molecule has 1 N–H and O–H groups in total. The van der Waals surface area contributed by atoms with E-state index in [9.17, 15) is 14.4 Å². The number of esters is 2. The Morgan fingerprint density at radius 2 is 1.74 bits per heavy atom. The number of methoxy groups -OCH3 is 1. The van der Waals surface area contributed by atoms with Gasteiger partial charge < -0.3 is 14.8 Å². The summed E-state index contributed by atoms with van der Waals surface area (Å²) in [6.45, 7) is 1.52. The Balaban J connectivity index is 1.36. The molecule has 38 heavy (non-hydrogen) atoms. The number of carbonyl (C=O) groups excluding carboxylic acids is 3. The first-order valence-electron chi connectivity index (χ1n) is 12.6. The van der Waals surface area contributed by atoms with E-state index < -0.39 is 24.5 Å². The fraction of sp³-hybridized carbons (Fsp3) is 0.267. The highest BCUT2D eigenvalue weighted by Gasteiger charge is 2.26. The van der Waals surface area contributed by atoms with Crippen LogP contribution in [0.2, 0.25) is 0 Å². The van der Waals surface area contributed by atoms with Gasteiger partial charge in [-0.1, -0.05) is 54.4 Å². The van der Waals surface area contributed by atoms with E-state index in [1.54, 1.807) is 12.1 Å². The molecule has 0 spiro atoms. The second-order valence-electron chi connectivity index (χ2n) is 9.32. The maximum absolute atomic E-state index is 13.2. The Bertz CT molecular complexity index is 1520. The Morgan fingerprint density at radius 3 is 2.53 bits per heavy atom. The van der Waals surface area contributed by atoms with Crippen molar-refractivity contribution in [3.63, 3.8) is 0 Å². The number of hydrogen-bond donors (Lipinski definition) is 1. The minimum Gasteiger partial charge on any atom is -0.465 e. The fourth-order valence-electron chi connectivity index (χ4n) is 4.74. The first-order chi connectivity index (χ1) is 18.4. The molecule has 8 heteroatoms. The number of aromatic nitrogens is 1. The number of rotatable bonds is 6. The normalized spacial score (nSPS) is 12.9. The molecule has 1 amide bonds. The maximum atomic E-state index is 13.2. The molecule has 0 saturated carbocycles. The topological polar surface area (TPSA) is 94.6 Å². The Morgan fingerprint density at radius 1 is 0.974 bits per heavy atom. The first kappa shape index (κ1) is 25.6. The monoisotopic (exact) mass is 528 g/mol. The van der Waals surface area contributed by atoms with Gasteiger partial charge in [-0.05, 0) is 50.3 Å². The smallest absolute Gasteiger partial charge is 0.341 e. The predicted octanol–water partition coefficient (Wildman–Crippen LogP) is 6.12. The average Bonchev–Trinajstić information content (AvgIpc) is 3.10. The molecule has 1 aliphatic carbocycles. The molecule has 0 radical (unpaired) electrons. The van der Waals surface area contributed by atoms with Gasteiger partial charge in [0.2, 0.25) is 0 Å². The van der Waals surface area contributed by atoms with Crippen molar-refractivity contribution < 1.29 is 23.9 Å². The van der Waals surface area contributed by atoms with Crippen LogP contribution < -0.4 is 5.32 Å². The van der Waals surface area contributed by atoms with Crippen molar-refractivity contribution in [2.24, 2.45) is 0 Å². The molecule has 0 bridgehead atoms. The summed E-state index contributed by atoms with van der Waals surface area (Å²) in [6, 6.07) is 16.9. The van der Waals surface area contributed by atoms with Crippen LogP contribution in [0, 0.1) is 6.92 Å². The molecule has 0 aliphatic heterocycles. The van der Waals surface area contributed by atoms with E-state index in [0.717, 1.165) is 53.7 Å². The highest BCUT2D eigenvalue weighted by atomic mass is 32.1. The van der Waals surface area contributed by atoms with Gasteiger partial charge in [-0.15, -0.1) is 11.3 Å². The lowest BCUT2D eigenvalue weighted by Crippen LogP contribution is -2.22. The van der Waals surface area contributed by atoms with Crippen LogP contribution in [-0.2, 0) is 27.1 Å². The largest absolute Gasteiger partial charge is 0.465 e. The minimum atomic E-state index is -0.623. The van der Waals surface area contributed by atoms with Crippen molar-refractivity contribution in [3.8, 4) is 11.3 Å². The third-order valence-corrected chi connectivity index (χ3v) is 7.89. The van der Waals surface area contributed by atoms with Crippen LogP contribution in [0.4, 0.5) is 5.00 Å². The van der Waals surface area contributed by atoms with Crippen molar-refractivity contribution in [3.05, 3.63) is 81.7 Å². The van der Waals surface area contributed by atoms with Gasteiger partial charge in [-0.2, -0.15) is 0 Å². The summed E-state index contributed by atoms with van der Waals surface area (Å²) in [4.78, 5) is 44.4. The van der Waals surface area contributed by atoms with Crippen LogP contribution in [0.25, 0.3) is 22.2 Å². The van der Waals surface area contributed by atoms with Gasteiger partial charge in [0, 0.05) is 15.8 Å². The van der Waals surface area contributed by atoms with Crippen LogP contribution in [0.3, 0.4) is 0 Å². The first-order valence-corrected chi connectivity index (χ1v) is 13.4. The fourth-order valence-corrected chi connectivity index (χ4v) is 6.03. The van der Waals surface area contributed by atoms with Crippen LogP contribution in [0.15, 0.2) is 54.6 Å². The second-order valence-corrected chi connectivity index (χ2v) is 10.4. The number of aryl methyl sites for hydroxylation is 2. The Kier molecular flexibility index (Phi) is 7.51. The Hall–Kier alpha value is -4.04. The quantitative estimate of drug-likeness (QED) is 0.239. The number of nitrogens with one attached hydrogen (secondary N) is 1. The number of amides is 1. The molecular weight excluding hydrogens is 500 g/mol. The molecule has 1 aliphatic rings. The third kappa shape index (κ3) is 5.31. The number of anilines is 1. The van der Waals surface area contributed by atoms with Gasteiger partial charge in [0.15, 0.2) is 6.61 Å². The zero-order valence-corrected chi connectivity index (χ0v) is 22.2. The minimum absolute atomic E-state index is 0.331. The summed E-state index contributed by atoms with van der Waals surface area (Å²) in [7, 11) is 1.33. The lowest BCUT2D eigenvalue weighted by Gasteiger charge is -2.11. The lowest BCUT2D eigenvalue weighted by atomic mass is 10.0. The molecule has 194 valence electrons. The number of benzene rings is 2. The van der Waals surface area contributed by atoms with Gasteiger partial charge in [0.25, 0.3) is 5.91 Å². The maximum Gasteiger partial charge on any atom is 0.341 e. The zero-order chi connectivity index (χ0) is 26.6. The van der Waals surface area contributed by atoms with Crippen molar-refractivity contribution in [1.82, 2.24) is 4.98 Å². The van der Waals surface area contributed by atoms with Crippen molar-refractivity contribution in [2.75, 3.05) is 19.0 Å². The Labute approximate surface area is 224 Å². The van der Waals surface area contributed by atoms with Crippen LogP contribution in [0.5, 0.6) is 0 Å². The summed E-state index contributed by atoms with van der Waals surface area (Å²) in [5.41, 5.74) is 5.00. The SMILES string of the molecule is COC(=O)c1c(NC(=O)COC(=O)c2cc(-c3ccc(C)cc3)nc3ccccc23)sc2c1CCCCC2. The van der Waals surface area contributed by atoms with E-state index in [1.165, 1.54) is 18.4 Å². The molecular formula is C30H28N2O5S. The van der Waals surface area contributed by atoms with E-state index >= 15 is 0 Å². The molecule has 0 fully saturated rings. The summed E-state index contributed by atoms with van der Waals surface area (Å²) in [6.07, 6.45) is 4.79. The van der Waals surface area contributed by atoms with E-state index in [2.05, 4.69) is 5.32 Å². The summed E-state index contributed by atoms with van der Waals surface area (Å²) >= 11 is 1.40. The van der Waals surface area contributed by atoms with E-state index in [0.29, 0.717) is 32.7 Å². The van der Waals surface area contributed by atoms with Crippen LogP contribution in [-0.4, -0.2) is 36.5 Å². The van der Waals surface area contributed by atoms with Crippen molar-refractivity contribution >= 4 is 45.1 Å². The molecule has 0 unspecified atom stereocenters. The molecule has 0 saturated heterocycles. The lowest BCUT2D eigenvalue weighted by molar-refractivity contribution is -0.119. The molecule has 2 aromatic carbocycles. The third-order valence-electron chi connectivity index (χ3n) is 6.68. The molecule has 2 heterocycles. The van der Waals surface area contributed by atoms with Gasteiger partial charge in [-0.25, -0.2) is 14.6 Å². The van der Waals surface area contributed by atoms with Crippen LogP contribution in [0.1, 0.15) is 56.0 Å². The average molecular weight is 529 g/mol. The van der Waals surface area contributed by atoms with E-state index in [4.69, 9.17) is 14.5 Å².